The lowest BCUT2D eigenvalue weighted by Crippen LogP contribution is -2.27. The first-order valence-electron chi connectivity index (χ1n) is 6.44. The quantitative estimate of drug-likeness (QED) is 0.858. The molecule has 1 aliphatic carbocycles. The van der Waals surface area contributed by atoms with E-state index in [2.05, 4.69) is 0 Å². The van der Waals surface area contributed by atoms with Crippen molar-refractivity contribution < 1.29 is 18.3 Å². The molecule has 0 atom stereocenters. The minimum atomic E-state index is -2.49. The Labute approximate surface area is 123 Å². The maximum atomic E-state index is 13.0. The lowest BCUT2D eigenvalue weighted by molar-refractivity contribution is -0.0498. The van der Waals surface area contributed by atoms with Crippen LogP contribution in [0.3, 0.4) is 0 Å². The smallest absolute Gasteiger partial charge is 0.248 e. The summed E-state index contributed by atoms with van der Waals surface area (Å²) >= 11 is 0. The summed E-state index contributed by atoms with van der Waals surface area (Å²) in [7, 11) is 1.55. The molecule has 1 fully saturated rings. The highest BCUT2D eigenvalue weighted by atomic mass is 35.5. The Kier molecular flexibility index (Phi) is 5.87. The van der Waals surface area contributed by atoms with Crippen molar-refractivity contribution in [2.75, 3.05) is 19.5 Å². The fourth-order valence-corrected chi connectivity index (χ4v) is 2.28. The second-order valence-electron chi connectivity index (χ2n) is 5.01. The van der Waals surface area contributed by atoms with Gasteiger partial charge in [0, 0.05) is 18.9 Å². The molecule has 1 aliphatic rings. The Morgan fingerprint density at radius 2 is 1.95 bits per heavy atom. The number of nitrogen functional groups attached to an aromatic ring is 1. The highest BCUT2D eigenvalue weighted by Crippen LogP contribution is 2.36. The average Bonchev–Trinajstić information content (AvgIpc) is 2.38. The Morgan fingerprint density at radius 1 is 1.30 bits per heavy atom. The third-order valence-corrected chi connectivity index (χ3v) is 3.52. The van der Waals surface area contributed by atoms with Crippen LogP contribution >= 0.6 is 12.4 Å². The van der Waals surface area contributed by atoms with Gasteiger partial charge in [-0.3, -0.25) is 0 Å². The molecule has 2 rings (SSSR count). The molecular weight excluding hydrogens is 288 g/mol. The van der Waals surface area contributed by atoms with E-state index in [1.54, 1.807) is 25.3 Å². The van der Waals surface area contributed by atoms with Gasteiger partial charge in [-0.05, 0) is 30.9 Å². The van der Waals surface area contributed by atoms with Crippen LogP contribution in [0.25, 0.3) is 0 Å². The van der Waals surface area contributed by atoms with Gasteiger partial charge in [0.2, 0.25) is 5.92 Å². The first kappa shape index (κ1) is 16.8. The molecule has 0 bridgehead atoms. The average molecular weight is 308 g/mol. The van der Waals surface area contributed by atoms with E-state index in [4.69, 9.17) is 15.2 Å². The van der Waals surface area contributed by atoms with Crippen LogP contribution in [-0.4, -0.2) is 19.6 Å². The van der Waals surface area contributed by atoms with E-state index in [0.29, 0.717) is 36.6 Å². The maximum absolute atomic E-state index is 13.0. The Morgan fingerprint density at radius 3 is 2.50 bits per heavy atom. The Bertz CT molecular complexity index is 433. The molecule has 1 saturated carbocycles. The Hall–Kier alpha value is -1.23. The molecule has 0 amide bonds. The molecule has 0 aliphatic heterocycles. The third-order valence-electron chi connectivity index (χ3n) is 3.52. The van der Waals surface area contributed by atoms with Crippen molar-refractivity contribution in [2.24, 2.45) is 5.92 Å². The van der Waals surface area contributed by atoms with Crippen LogP contribution in [0, 0.1) is 5.92 Å². The van der Waals surface area contributed by atoms with E-state index in [9.17, 15) is 8.78 Å². The number of methoxy groups -OCH3 is 1. The largest absolute Gasteiger partial charge is 0.495 e. The normalized spacial score (nSPS) is 18.1. The first-order chi connectivity index (χ1) is 9.00. The monoisotopic (exact) mass is 307 g/mol. The molecule has 0 radical (unpaired) electrons. The van der Waals surface area contributed by atoms with Crippen LogP contribution in [-0.2, 0) is 0 Å². The lowest BCUT2D eigenvalue weighted by atomic mass is 9.87. The number of anilines is 1. The number of benzene rings is 1. The van der Waals surface area contributed by atoms with E-state index >= 15 is 0 Å². The van der Waals surface area contributed by atoms with Crippen LogP contribution in [0.15, 0.2) is 18.2 Å². The van der Waals surface area contributed by atoms with Crippen molar-refractivity contribution in [1.29, 1.82) is 0 Å². The summed E-state index contributed by atoms with van der Waals surface area (Å²) in [4.78, 5) is 0. The van der Waals surface area contributed by atoms with Gasteiger partial charge in [-0.2, -0.15) is 0 Å². The fourth-order valence-electron chi connectivity index (χ4n) is 2.28. The van der Waals surface area contributed by atoms with E-state index in [1.165, 1.54) is 0 Å². The zero-order valence-corrected chi connectivity index (χ0v) is 12.2. The van der Waals surface area contributed by atoms with E-state index < -0.39 is 5.92 Å². The van der Waals surface area contributed by atoms with Crippen LogP contribution in [0.4, 0.5) is 14.5 Å². The number of hydrogen-bond acceptors (Lipinski definition) is 3. The van der Waals surface area contributed by atoms with Crippen molar-refractivity contribution in [3.8, 4) is 11.5 Å². The zero-order chi connectivity index (χ0) is 13.9. The van der Waals surface area contributed by atoms with Gasteiger partial charge in [0.15, 0.2) is 0 Å². The molecule has 114 valence electrons. The van der Waals surface area contributed by atoms with Crippen molar-refractivity contribution in [3.05, 3.63) is 18.2 Å². The standard InChI is InChI=1S/C14H19F2NO2.ClH/c1-18-13-3-2-11(8-12(13)17)19-9-10-4-6-14(15,16)7-5-10;/h2-3,8,10H,4-7,9,17H2,1H3;1H. The second kappa shape index (κ2) is 6.97. The molecule has 6 heteroatoms. The lowest BCUT2D eigenvalue weighted by Gasteiger charge is -2.28. The Balaban J connectivity index is 0.00000200. The van der Waals surface area contributed by atoms with Crippen molar-refractivity contribution >= 4 is 18.1 Å². The molecule has 1 aromatic carbocycles. The number of hydrogen-bond donors (Lipinski definition) is 1. The van der Waals surface area contributed by atoms with Crippen LogP contribution < -0.4 is 15.2 Å². The minimum absolute atomic E-state index is 0. The number of halogens is 3. The SMILES string of the molecule is COc1ccc(OCC2CCC(F)(F)CC2)cc1N.Cl. The predicted octanol–water partition coefficient (Wildman–Crippen LogP) is 3.90. The minimum Gasteiger partial charge on any atom is -0.495 e. The zero-order valence-electron chi connectivity index (χ0n) is 11.4. The number of nitrogens with two attached hydrogens (primary N) is 1. The van der Waals surface area contributed by atoms with Crippen LogP contribution in [0.1, 0.15) is 25.7 Å². The van der Waals surface area contributed by atoms with E-state index in [1.807, 2.05) is 0 Å². The molecule has 0 spiro atoms. The van der Waals surface area contributed by atoms with Gasteiger partial charge in [0.1, 0.15) is 11.5 Å². The summed E-state index contributed by atoms with van der Waals surface area (Å²) in [6, 6.07) is 5.20. The van der Waals surface area contributed by atoms with Gasteiger partial charge < -0.3 is 15.2 Å². The highest BCUT2D eigenvalue weighted by Gasteiger charge is 2.34. The molecule has 1 aromatic rings. The second-order valence-corrected chi connectivity index (χ2v) is 5.01. The molecule has 0 unspecified atom stereocenters. The predicted molar refractivity (Wildman–Crippen MR) is 77.1 cm³/mol. The molecule has 20 heavy (non-hydrogen) atoms. The van der Waals surface area contributed by atoms with Gasteiger partial charge in [-0.25, -0.2) is 8.78 Å². The van der Waals surface area contributed by atoms with Gasteiger partial charge >= 0.3 is 0 Å². The van der Waals surface area contributed by atoms with Crippen molar-refractivity contribution in [1.82, 2.24) is 0 Å². The number of alkyl halides is 2. The molecule has 0 aromatic heterocycles. The summed E-state index contributed by atoms with van der Waals surface area (Å²) in [5, 5.41) is 0. The molecular formula is C14H20ClF2NO2. The summed E-state index contributed by atoms with van der Waals surface area (Å²) in [5.74, 6) is -1.04. The summed E-state index contributed by atoms with van der Waals surface area (Å²) < 4.78 is 36.7. The molecule has 3 nitrogen and oxygen atoms in total. The molecule has 0 saturated heterocycles. The molecule has 2 N–H and O–H groups in total. The topological polar surface area (TPSA) is 44.5 Å². The van der Waals surface area contributed by atoms with E-state index in [-0.39, 0.29) is 31.2 Å². The van der Waals surface area contributed by atoms with E-state index in [0.717, 1.165) is 0 Å². The van der Waals surface area contributed by atoms with Gasteiger partial charge in [0.05, 0.1) is 19.4 Å². The van der Waals surface area contributed by atoms with Crippen molar-refractivity contribution in [2.45, 2.75) is 31.6 Å². The number of ether oxygens (including phenoxy) is 2. The fraction of sp³-hybridized carbons (Fsp3) is 0.571. The van der Waals surface area contributed by atoms with Crippen molar-refractivity contribution in [3.63, 3.8) is 0 Å². The van der Waals surface area contributed by atoms with Gasteiger partial charge in [-0.15, -0.1) is 12.4 Å². The maximum Gasteiger partial charge on any atom is 0.248 e. The highest BCUT2D eigenvalue weighted by molar-refractivity contribution is 5.85. The summed E-state index contributed by atoms with van der Waals surface area (Å²) in [6.45, 7) is 0.460. The first-order valence-corrected chi connectivity index (χ1v) is 6.44. The molecule has 0 heterocycles. The summed E-state index contributed by atoms with van der Waals surface area (Å²) in [5.41, 5.74) is 6.28. The third kappa shape index (κ3) is 4.40. The van der Waals surface area contributed by atoms with Gasteiger partial charge in [0.25, 0.3) is 0 Å². The van der Waals surface area contributed by atoms with Crippen LogP contribution in [0.5, 0.6) is 11.5 Å². The van der Waals surface area contributed by atoms with Gasteiger partial charge in [-0.1, -0.05) is 0 Å². The number of rotatable bonds is 4. The van der Waals surface area contributed by atoms with Crippen LogP contribution in [0.2, 0.25) is 0 Å². The summed E-state index contributed by atoms with van der Waals surface area (Å²) in [6.07, 6.45) is 0.953.